The molecule has 1 fully saturated rings. The topological polar surface area (TPSA) is 46.5 Å². The van der Waals surface area contributed by atoms with Gasteiger partial charge in [0.05, 0.1) is 5.92 Å². The van der Waals surface area contributed by atoms with Gasteiger partial charge in [0.1, 0.15) is 0 Å². The molecular weight excluding hydrogens is 175 g/mol. The second-order valence-electron chi connectivity index (χ2n) is 3.38. The van der Waals surface area contributed by atoms with Gasteiger partial charge in [-0.15, -0.1) is 0 Å². The van der Waals surface area contributed by atoms with Gasteiger partial charge >= 0.3 is 5.97 Å². The van der Waals surface area contributed by atoms with Crippen LogP contribution in [0.3, 0.4) is 0 Å². The van der Waals surface area contributed by atoms with Crippen molar-refractivity contribution in [1.82, 2.24) is 0 Å². The second-order valence-corrected chi connectivity index (χ2v) is 3.77. The van der Waals surface area contributed by atoms with E-state index in [1.165, 1.54) is 6.42 Å². The lowest BCUT2D eigenvalue weighted by Gasteiger charge is -2.26. The molecule has 4 heteroatoms. The van der Waals surface area contributed by atoms with E-state index in [2.05, 4.69) is 11.4 Å². The zero-order valence-corrected chi connectivity index (χ0v) is 8.25. The van der Waals surface area contributed by atoms with E-state index in [1.807, 2.05) is 0 Å². The predicted molar refractivity (Wildman–Crippen MR) is 47.7 cm³/mol. The largest absolute Gasteiger partial charge is 0.420 e. The first kappa shape index (κ1) is 9.94. The summed E-state index contributed by atoms with van der Waals surface area (Å²) in [4.78, 5) is 19.7. The summed E-state index contributed by atoms with van der Waals surface area (Å²) in [7, 11) is -0.697. The number of rotatable bonds is 2. The Morgan fingerprint density at radius 2 is 2.17 bits per heavy atom. The van der Waals surface area contributed by atoms with Gasteiger partial charge in [0.25, 0.3) is 0 Å². The van der Waals surface area contributed by atoms with Crippen LogP contribution in [0.5, 0.6) is 0 Å². The number of carbonyl (C=O) groups excluding carboxylic acids is 1. The van der Waals surface area contributed by atoms with E-state index in [4.69, 9.17) is 4.89 Å². The van der Waals surface area contributed by atoms with E-state index < -0.39 is 9.03 Å². The van der Waals surface area contributed by atoms with Crippen LogP contribution < -0.4 is 0 Å². The first-order valence-corrected chi connectivity index (χ1v) is 5.21. The van der Waals surface area contributed by atoms with E-state index >= 15 is 0 Å². The Morgan fingerprint density at radius 3 is 2.75 bits per heavy atom. The lowest BCUT2D eigenvalue weighted by Crippen LogP contribution is -2.25. The highest BCUT2D eigenvalue weighted by molar-refractivity contribution is 7.25. The molecule has 12 heavy (non-hydrogen) atoms. The van der Waals surface area contributed by atoms with Crippen molar-refractivity contribution in [2.24, 2.45) is 11.8 Å². The van der Waals surface area contributed by atoms with Crippen molar-refractivity contribution < 1.29 is 14.2 Å². The molecule has 70 valence electrons. The number of hydrogen-bond donors (Lipinski definition) is 1. The highest BCUT2D eigenvalue weighted by Gasteiger charge is 2.28. The maximum Gasteiger partial charge on any atom is 0.313 e. The van der Waals surface area contributed by atoms with E-state index in [0.29, 0.717) is 5.92 Å². The van der Waals surface area contributed by atoms with Gasteiger partial charge in [0.2, 0.25) is 9.03 Å². The summed E-state index contributed by atoms with van der Waals surface area (Å²) in [6.45, 7) is 2.07. The Kier molecular flexibility index (Phi) is 3.96. The normalized spacial score (nSPS) is 30.8. The molecular formula is C8H15O3P. The van der Waals surface area contributed by atoms with Crippen LogP contribution in [0.2, 0.25) is 0 Å². The second kappa shape index (κ2) is 4.78. The Labute approximate surface area is 74.4 Å². The minimum Gasteiger partial charge on any atom is -0.420 e. The monoisotopic (exact) mass is 190 g/mol. The standard InChI is InChI=1S/C8H15O3P/c1-6-4-2-3-5-7(6)8(9)11-12-10/h6-7,10,12H,2-5H2,1H3. The lowest BCUT2D eigenvalue weighted by molar-refractivity contribution is -0.141. The van der Waals surface area contributed by atoms with Gasteiger partial charge in [-0.25, -0.2) is 0 Å². The van der Waals surface area contributed by atoms with Crippen LogP contribution in [-0.2, 0) is 9.32 Å². The van der Waals surface area contributed by atoms with E-state index in [9.17, 15) is 4.79 Å². The summed E-state index contributed by atoms with van der Waals surface area (Å²) < 4.78 is 4.60. The zero-order chi connectivity index (χ0) is 8.97. The van der Waals surface area contributed by atoms with Crippen molar-refractivity contribution >= 4 is 15.0 Å². The van der Waals surface area contributed by atoms with Gasteiger partial charge in [0, 0.05) is 0 Å². The molecule has 1 aliphatic carbocycles. The third-order valence-corrected chi connectivity index (χ3v) is 2.85. The maximum atomic E-state index is 11.2. The van der Waals surface area contributed by atoms with E-state index in [0.717, 1.165) is 19.3 Å². The molecule has 0 aromatic heterocycles. The highest BCUT2D eigenvalue weighted by Crippen LogP contribution is 2.31. The SMILES string of the molecule is CC1CCCCC1C(=O)OPO. The van der Waals surface area contributed by atoms with Crippen molar-refractivity contribution in [2.75, 3.05) is 0 Å². The predicted octanol–water partition coefficient (Wildman–Crippen LogP) is 1.86. The van der Waals surface area contributed by atoms with Crippen LogP contribution in [0.25, 0.3) is 0 Å². The highest BCUT2D eigenvalue weighted by atomic mass is 31.1. The smallest absolute Gasteiger partial charge is 0.313 e. The summed E-state index contributed by atoms with van der Waals surface area (Å²) in [6, 6.07) is 0. The minimum absolute atomic E-state index is 0.0263. The maximum absolute atomic E-state index is 11.2. The molecule has 0 heterocycles. The lowest BCUT2D eigenvalue weighted by atomic mass is 9.81. The molecule has 1 aliphatic rings. The Bertz CT molecular complexity index is 160. The quantitative estimate of drug-likeness (QED) is 0.676. The first-order valence-electron chi connectivity index (χ1n) is 4.35. The molecule has 1 N–H and O–H groups in total. The van der Waals surface area contributed by atoms with E-state index in [-0.39, 0.29) is 11.9 Å². The molecule has 0 radical (unpaired) electrons. The van der Waals surface area contributed by atoms with Crippen molar-refractivity contribution in [3.8, 4) is 0 Å². The fourth-order valence-corrected chi connectivity index (χ4v) is 2.03. The van der Waals surface area contributed by atoms with Crippen LogP contribution >= 0.6 is 9.03 Å². The van der Waals surface area contributed by atoms with Crippen LogP contribution in [0, 0.1) is 11.8 Å². The van der Waals surface area contributed by atoms with Gasteiger partial charge < -0.3 is 9.42 Å². The van der Waals surface area contributed by atoms with E-state index in [1.54, 1.807) is 0 Å². The fourth-order valence-electron chi connectivity index (χ4n) is 1.79. The van der Waals surface area contributed by atoms with Crippen LogP contribution in [0.1, 0.15) is 32.6 Å². The molecule has 3 unspecified atom stereocenters. The van der Waals surface area contributed by atoms with Gasteiger partial charge in [-0.3, -0.25) is 4.79 Å². The van der Waals surface area contributed by atoms with Gasteiger partial charge in [-0.1, -0.05) is 19.8 Å². The summed E-state index contributed by atoms with van der Waals surface area (Å²) in [5, 5.41) is 0. The van der Waals surface area contributed by atoms with Gasteiger partial charge in [-0.05, 0) is 18.8 Å². The van der Waals surface area contributed by atoms with Crippen molar-refractivity contribution in [3.05, 3.63) is 0 Å². The van der Waals surface area contributed by atoms with Crippen LogP contribution in [-0.4, -0.2) is 10.9 Å². The average molecular weight is 190 g/mol. The summed E-state index contributed by atoms with van der Waals surface area (Å²) in [5.41, 5.74) is 0. The van der Waals surface area contributed by atoms with Crippen molar-refractivity contribution in [1.29, 1.82) is 0 Å². The molecule has 0 spiro atoms. The van der Waals surface area contributed by atoms with Gasteiger partial charge in [-0.2, -0.15) is 0 Å². The summed E-state index contributed by atoms with van der Waals surface area (Å²) in [6.07, 6.45) is 4.35. The third-order valence-electron chi connectivity index (χ3n) is 2.56. The molecule has 0 aliphatic heterocycles. The minimum atomic E-state index is -0.697. The molecule has 3 nitrogen and oxygen atoms in total. The summed E-state index contributed by atoms with van der Waals surface area (Å²) >= 11 is 0. The molecule has 1 saturated carbocycles. The first-order chi connectivity index (χ1) is 5.75. The molecule has 0 amide bonds. The molecule has 0 saturated heterocycles. The number of hydrogen-bond acceptors (Lipinski definition) is 3. The fraction of sp³-hybridized carbons (Fsp3) is 0.875. The van der Waals surface area contributed by atoms with Gasteiger partial charge in [0.15, 0.2) is 0 Å². The average Bonchev–Trinajstić information content (AvgIpc) is 2.05. The Hall–Kier alpha value is -0.140. The molecule has 0 bridgehead atoms. The third kappa shape index (κ3) is 2.43. The van der Waals surface area contributed by atoms with Crippen LogP contribution in [0.15, 0.2) is 0 Å². The van der Waals surface area contributed by atoms with Crippen molar-refractivity contribution in [3.63, 3.8) is 0 Å². The molecule has 0 aromatic rings. The molecule has 1 rings (SSSR count). The molecule has 3 atom stereocenters. The zero-order valence-electron chi connectivity index (χ0n) is 7.25. The number of carbonyl (C=O) groups is 1. The van der Waals surface area contributed by atoms with Crippen LogP contribution in [0.4, 0.5) is 0 Å². The summed E-state index contributed by atoms with van der Waals surface area (Å²) in [5.74, 6) is 0.226. The Balaban J connectivity index is 2.42. The molecule has 0 aromatic carbocycles. The van der Waals surface area contributed by atoms with Crippen molar-refractivity contribution in [2.45, 2.75) is 32.6 Å². The Morgan fingerprint density at radius 1 is 1.50 bits per heavy atom.